The molecule has 1 atom stereocenters. The number of aryl methyl sites for hydroxylation is 2. The van der Waals surface area contributed by atoms with Crippen LogP contribution in [0.2, 0.25) is 0 Å². The highest BCUT2D eigenvalue weighted by atomic mass is 79.9. The van der Waals surface area contributed by atoms with Gasteiger partial charge in [-0.25, -0.2) is 4.39 Å². The smallest absolute Gasteiger partial charge is 0.127 e. The van der Waals surface area contributed by atoms with Crippen molar-refractivity contribution in [2.24, 2.45) is 0 Å². The fraction of sp³-hybridized carbons (Fsp3) is 0.294. The molecular formula is C17H19BrFN. The Labute approximate surface area is 128 Å². The third-order valence-electron chi connectivity index (χ3n) is 3.59. The van der Waals surface area contributed by atoms with Crippen LogP contribution in [0.4, 0.5) is 4.39 Å². The maximum Gasteiger partial charge on any atom is 0.127 e. The summed E-state index contributed by atoms with van der Waals surface area (Å²) in [4.78, 5) is 0. The average Bonchev–Trinajstić information content (AvgIpc) is 2.39. The van der Waals surface area contributed by atoms with Crippen LogP contribution in [0.3, 0.4) is 0 Å². The summed E-state index contributed by atoms with van der Waals surface area (Å²) >= 11 is 3.29. The molecule has 0 aliphatic rings. The molecule has 0 saturated carbocycles. The molecule has 0 fully saturated rings. The zero-order chi connectivity index (χ0) is 14.7. The summed E-state index contributed by atoms with van der Waals surface area (Å²) in [7, 11) is 1.92. The summed E-state index contributed by atoms with van der Waals surface area (Å²) in [6, 6.07) is 11.8. The van der Waals surface area contributed by atoms with E-state index in [0.717, 1.165) is 10.0 Å². The van der Waals surface area contributed by atoms with Gasteiger partial charge in [-0.15, -0.1) is 0 Å². The van der Waals surface area contributed by atoms with Gasteiger partial charge in [-0.2, -0.15) is 0 Å². The molecule has 0 radical (unpaired) electrons. The third kappa shape index (κ3) is 3.47. The van der Waals surface area contributed by atoms with Crippen molar-refractivity contribution >= 4 is 15.9 Å². The highest BCUT2D eigenvalue weighted by Gasteiger charge is 2.15. The van der Waals surface area contributed by atoms with E-state index < -0.39 is 0 Å². The molecular weight excluding hydrogens is 317 g/mol. The summed E-state index contributed by atoms with van der Waals surface area (Å²) < 4.78 is 14.7. The second-order valence-corrected chi connectivity index (χ2v) is 6.06. The lowest BCUT2D eigenvalue weighted by Crippen LogP contribution is -2.20. The minimum absolute atomic E-state index is 0.117. The first kappa shape index (κ1) is 15.2. The summed E-state index contributed by atoms with van der Waals surface area (Å²) in [5.41, 5.74) is 4.44. The van der Waals surface area contributed by atoms with Crippen LogP contribution in [0.5, 0.6) is 0 Å². The van der Waals surface area contributed by atoms with Gasteiger partial charge >= 0.3 is 0 Å². The highest BCUT2D eigenvalue weighted by molar-refractivity contribution is 9.10. The van der Waals surface area contributed by atoms with E-state index in [4.69, 9.17) is 0 Å². The van der Waals surface area contributed by atoms with E-state index in [0.29, 0.717) is 6.42 Å². The molecule has 0 saturated heterocycles. The van der Waals surface area contributed by atoms with Gasteiger partial charge in [-0.3, -0.25) is 0 Å². The fourth-order valence-corrected chi connectivity index (χ4v) is 2.82. The summed E-state index contributed by atoms with van der Waals surface area (Å²) in [6.07, 6.45) is 0.638. The Morgan fingerprint density at radius 2 is 1.90 bits per heavy atom. The Bertz CT molecular complexity index is 610. The second kappa shape index (κ2) is 6.51. The third-order valence-corrected chi connectivity index (χ3v) is 4.08. The van der Waals surface area contributed by atoms with Crippen molar-refractivity contribution < 1.29 is 4.39 Å². The van der Waals surface area contributed by atoms with E-state index >= 15 is 0 Å². The first-order valence-corrected chi connectivity index (χ1v) is 7.49. The standard InChI is InChI=1S/C17H19BrFN/c1-11-4-7-15(12(2)8-11)17(20-3)9-13-5-6-14(18)10-16(13)19/h4-8,10,17,20H,9H2,1-3H3. The van der Waals surface area contributed by atoms with Gasteiger partial charge in [0.2, 0.25) is 0 Å². The quantitative estimate of drug-likeness (QED) is 0.853. The van der Waals surface area contributed by atoms with Crippen LogP contribution in [0, 0.1) is 19.7 Å². The zero-order valence-corrected chi connectivity index (χ0v) is 13.6. The molecule has 3 heteroatoms. The van der Waals surface area contributed by atoms with E-state index in [-0.39, 0.29) is 11.9 Å². The first-order valence-electron chi connectivity index (χ1n) is 6.69. The molecule has 0 aliphatic carbocycles. The van der Waals surface area contributed by atoms with Gasteiger partial charge in [0.1, 0.15) is 5.82 Å². The topological polar surface area (TPSA) is 12.0 Å². The van der Waals surface area contributed by atoms with Gasteiger partial charge in [0.05, 0.1) is 0 Å². The van der Waals surface area contributed by atoms with Crippen LogP contribution in [0.15, 0.2) is 40.9 Å². The van der Waals surface area contributed by atoms with Crippen molar-refractivity contribution in [2.75, 3.05) is 7.05 Å². The lowest BCUT2D eigenvalue weighted by Gasteiger charge is -2.20. The van der Waals surface area contributed by atoms with Crippen molar-refractivity contribution in [3.63, 3.8) is 0 Å². The maximum absolute atomic E-state index is 14.0. The molecule has 0 bridgehead atoms. The number of nitrogens with one attached hydrogen (secondary N) is 1. The molecule has 0 spiro atoms. The molecule has 0 aromatic heterocycles. The van der Waals surface area contributed by atoms with Crippen LogP contribution in [0.1, 0.15) is 28.3 Å². The van der Waals surface area contributed by atoms with Gasteiger partial charge < -0.3 is 5.32 Å². The van der Waals surface area contributed by atoms with Gasteiger partial charge in [0.25, 0.3) is 0 Å². The normalized spacial score (nSPS) is 12.4. The molecule has 1 nitrogen and oxygen atoms in total. The van der Waals surface area contributed by atoms with Crippen molar-refractivity contribution in [3.05, 3.63) is 68.9 Å². The van der Waals surface area contributed by atoms with E-state index in [2.05, 4.69) is 53.3 Å². The predicted octanol–water partition coefficient (Wildman–Crippen LogP) is 4.71. The van der Waals surface area contributed by atoms with E-state index in [9.17, 15) is 4.39 Å². The Morgan fingerprint density at radius 3 is 2.50 bits per heavy atom. The van der Waals surface area contributed by atoms with Crippen LogP contribution in [-0.4, -0.2) is 7.05 Å². The molecule has 106 valence electrons. The molecule has 2 aromatic carbocycles. The lowest BCUT2D eigenvalue weighted by molar-refractivity contribution is 0.552. The van der Waals surface area contributed by atoms with Crippen molar-refractivity contribution in [1.82, 2.24) is 5.32 Å². The fourth-order valence-electron chi connectivity index (χ4n) is 2.49. The number of likely N-dealkylation sites (N-methyl/N-ethyl adjacent to an activating group) is 1. The molecule has 1 N–H and O–H groups in total. The van der Waals surface area contributed by atoms with E-state index in [1.165, 1.54) is 22.8 Å². The molecule has 0 aliphatic heterocycles. The lowest BCUT2D eigenvalue weighted by atomic mass is 9.94. The summed E-state index contributed by atoms with van der Waals surface area (Å²) in [5, 5.41) is 3.29. The van der Waals surface area contributed by atoms with Crippen LogP contribution < -0.4 is 5.32 Å². The second-order valence-electron chi connectivity index (χ2n) is 5.14. The largest absolute Gasteiger partial charge is 0.313 e. The van der Waals surface area contributed by atoms with Gasteiger partial charge in [0, 0.05) is 10.5 Å². The number of halogens is 2. The summed E-state index contributed by atoms with van der Waals surface area (Å²) in [6.45, 7) is 4.18. The minimum Gasteiger partial charge on any atom is -0.313 e. The summed E-state index contributed by atoms with van der Waals surface area (Å²) in [5.74, 6) is -0.163. The number of rotatable bonds is 4. The van der Waals surface area contributed by atoms with Crippen LogP contribution in [-0.2, 0) is 6.42 Å². The van der Waals surface area contributed by atoms with Crippen molar-refractivity contribution in [1.29, 1.82) is 0 Å². The van der Waals surface area contributed by atoms with Crippen LogP contribution >= 0.6 is 15.9 Å². The van der Waals surface area contributed by atoms with E-state index in [1.54, 1.807) is 0 Å². The van der Waals surface area contributed by atoms with E-state index in [1.807, 2.05) is 19.2 Å². The Morgan fingerprint density at radius 1 is 1.15 bits per heavy atom. The molecule has 2 rings (SSSR count). The molecule has 0 amide bonds. The molecule has 1 unspecified atom stereocenters. The van der Waals surface area contributed by atoms with Crippen LogP contribution in [0.25, 0.3) is 0 Å². The van der Waals surface area contributed by atoms with Crippen molar-refractivity contribution in [3.8, 4) is 0 Å². The maximum atomic E-state index is 14.0. The monoisotopic (exact) mass is 335 g/mol. The highest BCUT2D eigenvalue weighted by Crippen LogP contribution is 2.25. The predicted molar refractivity (Wildman–Crippen MR) is 85.5 cm³/mol. The Hall–Kier alpha value is -1.19. The molecule has 20 heavy (non-hydrogen) atoms. The Kier molecular flexibility index (Phi) is 4.95. The number of hydrogen-bond donors (Lipinski definition) is 1. The molecule has 0 heterocycles. The first-order chi connectivity index (χ1) is 9.51. The van der Waals surface area contributed by atoms with Gasteiger partial charge in [-0.1, -0.05) is 45.8 Å². The Balaban J connectivity index is 2.28. The number of hydrogen-bond acceptors (Lipinski definition) is 1. The number of benzene rings is 2. The SMILES string of the molecule is CNC(Cc1ccc(Br)cc1F)c1ccc(C)cc1C. The average molecular weight is 336 g/mol. The zero-order valence-electron chi connectivity index (χ0n) is 12.0. The van der Waals surface area contributed by atoms with Crippen molar-refractivity contribution in [2.45, 2.75) is 26.3 Å². The molecule has 2 aromatic rings. The van der Waals surface area contributed by atoms with Gasteiger partial charge in [-0.05, 0) is 56.1 Å². The van der Waals surface area contributed by atoms with Gasteiger partial charge in [0.15, 0.2) is 0 Å². The minimum atomic E-state index is -0.163.